The topological polar surface area (TPSA) is 92.5 Å². The molecule has 5 rings (SSSR count). The van der Waals surface area contributed by atoms with Crippen LogP contribution < -0.4 is 10.6 Å². The molecule has 3 fully saturated rings. The van der Waals surface area contributed by atoms with Gasteiger partial charge in [0.25, 0.3) is 0 Å². The van der Waals surface area contributed by atoms with Crippen molar-refractivity contribution >= 4 is 5.91 Å². The summed E-state index contributed by atoms with van der Waals surface area (Å²) in [6, 6.07) is 8.10. The van der Waals surface area contributed by atoms with Gasteiger partial charge < -0.3 is 19.9 Å². The molecule has 31 heavy (non-hydrogen) atoms. The van der Waals surface area contributed by atoms with Crippen LogP contribution in [-0.4, -0.2) is 66.4 Å². The first-order chi connectivity index (χ1) is 15.2. The Kier molecular flexibility index (Phi) is 6.02. The Morgan fingerprint density at radius 1 is 1.26 bits per heavy atom. The number of piperidine rings is 1. The van der Waals surface area contributed by atoms with Crippen molar-refractivity contribution in [1.82, 2.24) is 25.7 Å². The second-order valence-corrected chi connectivity index (χ2v) is 8.97. The molecule has 2 N–H and O–H groups in total. The average molecular weight is 426 g/mol. The summed E-state index contributed by atoms with van der Waals surface area (Å²) in [7, 11) is 0. The van der Waals surface area contributed by atoms with Gasteiger partial charge in [0.1, 0.15) is 5.69 Å². The lowest BCUT2D eigenvalue weighted by Crippen LogP contribution is -2.60. The van der Waals surface area contributed by atoms with E-state index in [0.29, 0.717) is 30.0 Å². The Morgan fingerprint density at radius 2 is 2.16 bits per heavy atom. The molecule has 0 unspecified atom stereocenters. The number of hydrogen-bond acceptors (Lipinski definition) is 7. The summed E-state index contributed by atoms with van der Waals surface area (Å²) in [6.45, 7) is 5.77. The zero-order valence-electron chi connectivity index (χ0n) is 17.9. The van der Waals surface area contributed by atoms with E-state index in [1.54, 1.807) is 6.20 Å². The molecule has 0 aromatic carbocycles. The molecule has 0 spiro atoms. The number of carbonyl (C=O) groups excluding carboxylic acids is 1. The molecule has 3 aliphatic rings. The van der Waals surface area contributed by atoms with Crippen LogP contribution in [-0.2, 0) is 16.1 Å². The van der Waals surface area contributed by atoms with Gasteiger partial charge in [-0.05, 0) is 50.3 Å². The monoisotopic (exact) mass is 425 g/mol. The molecule has 2 aromatic heterocycles. The predicted octanol–water partition coefficient (Wildman–Crippen LogP) is 1.83. The van der Waals surface area contributed by atoms with Gasteiger partial charge in [0.15, 0.2) is 5.76 Å². The summed E-state index contributed by atoms with van der Waals surface area (Å²) < 4.78 is 11.0. The molecular formula is C23H31N5O3. The highest BCUT2D eigenvalue weighted by Gasteiger charge is 2.50. The Morgan fingerprint density at radius 3 is 3.00 bits per heavy atom. The first-order valence-corrected chi connectivity index (χ1v) is 11.4. The lowest BCUT2D eigenvalue weighted by molar-refractivity contribution is -0.140. The molecule has 1 saturated carbocycles. The van der Waals surface area contributed by atoms with Crippen LogP contribution in [0.5, 0.6) is 0 Å². The minimum absolute atomic E-state index is 0.140. The minimum Gasteiger partial charge on any atom is -0.379 e. The number of nitrogens with zero attached hydrogens (tertiary/aromatic N) is 3. The molecule has 4 heterocycles. The Balaban J connectivity index is 1.23. The molecule has 1 aliphatic carbocycles. The van der Waals surface area contributed by atoms with Gasteiger partial charge in [0.05, 0.1) is 30.9 Å². The smallest absolute Gasteiger partial charge is 0.228 e. The fourth-order valence-electron chi connectivity index (χ4n) is 5.54. The second-order valence-electron chi connectivity index (χ2n) is 8.97. The molecule has 2 aromatic rings. The molecule has 1 amide bonds. The Hall–Kier alpha value is -2.29. The second kappa shape index (κ2) is 9.06. The van der Waals surface area contributed by atoms with E-state index in [1.807, 2.05) is 24.3 Å². The normalized spacial score (nSPS) is 29.3. The van der Waals surface area contributed by atoms with Gasteiger partial charge in [0, 0.05) is 37.9 Å². The first kappa shape index (κ1) is 20.6. The summed E-state index contributed by atoms with van der Waals surface area (Å²) in [6.07, 6.45) is 5.88. The number of morpholine rings is 1. The largest absolute Gasteiger partial charge is 0.379 e. The molecule has 2 aliphatic heterocycles. The van der Waals surface area contributed by atoms with E-state index in [2.05, 4.69) is 25.7 Å². The lowest BCUT2D eigenvalue weighted by Gasteiger charge is -2.50. The van der Waals surface area contributed by atoms with E-state index in [0.717, 1.165) is 70.8 Å². The van der Waals surface area contributed by atoms with Crippen molar-refractivity contribution in [2.24, 2.45) is 11.3 Å². The third kappa shape index (κ3) is 4.24. The number of fused-ring (bicyclic) bond motifs is 1. The Bertz CT molecular complexity index is 882. The molecule has 0 radical (unpaired) electrons. The van der Waals surface area contributed by atoms with Crippen molar-refractivity contribution < 1.29 is 14.1 Å². The van der Waals surface area contributed by atoms with Gasteiger partial charge in [-0.3, -0.25) is 14.7 Å². The van der Waals surface area contributed by atoms with Crippen LogP contribution >= 0.6 is 0 Å². The molecule has 8 heteroatoms. The summed E-state index contributed by atoms with van der Waals surface area (Å²) in [4.78, 5) is 20.3. The zero-order chi connectivity index (χ0) is 21.1. The van der Waals surface area contributed by atoms with Crippen molar-refractivity contribution in [3.8, 4) is 11.4 Å². The summed E-state index contributed by atoms with van der Waals surface area (Å²) in [5, 5.41) is 10.7. The van der Waals surface area contributed by atoms with Crippen LogP contribution in [0.3, 0.4) is 0 Å². The van der Waals surface area contributed by atoms with E-state index >= 15 is 0 Å². The van der Waals surface area contributed by atoms with Crippen LogP contribution in [0.15, 0.2) is 35.0 Å². The number of aromatic nitrogens is 2. The van der Waals surface area contributed by atoms with E-state index in [9.17, 15) is 4.79 Å². The van der Waals surface area contributed by atoms with Gasteiger partial charge in [-0.25, -0.2) is 0 Å². The van der Waals surface area contributed by atoms with Crippen LogP contribution in [0, 0.1) is 11.3 Å². The summed E-state index contributed by atoms with van der Waals surface area (Å²) >= 11 is 0. The molecule has 0 bridgehead atoms. The van der Waals surface area contributed by atoms with Crippen LogP contribution in [0.1, 0.15) is 31.4 Å². The van der Waals surface area contributed by atoms with Crippen molar-refractivity contribution in [2.75, 3.05) is 39.4 Å². The van der Waals surface area contributed by atoms with Gasteiger partial charge >= 0.3 is 0 Å². The van der Waals surface area contributed by atoms with Crippen molar-refractivity contribution in [3.05, 3.63) is 36.2 Å². The number of hydrogen-bond donors (Lipinski definition) is 2. The van der Waals surface area contributed by atoms with Crippen LogP contribution in [0.25, 0.3) is 11.4 Å². The molecule has 8 nitrogen and oxygen atoms in total. The van der Waals surface area contributed by atoms with E-state index in [-0.39, 0.29) is 11.3 Å². The van der Waals surface area contributed by atoms with E-state index in [4.69, 9.17) is 9.26 Å². The summed E-state index contributed by atoms with van der Waals surface area (Å²) in [5.41, 5.74) is 1.12. The Labute approximate surface area is 182 Å². The number of nitrogens with one attached hydrogen (secondary N) is 2. The molecule has 3 atom stereocenters. The maximum atomic E-state index is 13.4. The van der Waals surface area contributed by atoms with Crippen molar-refractivity contribution in [3.63, 3.8) is 0 Å². The van der Waals surface area contributed by atoms with Gasteiger partial charge in [-0.1, -0.05) is 11.2 Å². The van der Waals surface area contributed by atoms with Crippen LogP contribution in [0.2, 0.25) is 0 Å². The average Bonchev–Trinajstić information content (AvgIpc) is 3.32. The third-order valence-electron chi connectivity index (χ3n) is 7.30. The number of amides is 1. The van der Waals surface area contributed by atoms with Crippen molar-refractivity contribution in [1.29, 1.82) is 0 Å². The van der Waals surface area contributed by atoms with Gasteiger partial charge in [0.2, 0.25) is 5.91 Å². The van der Waals surface area contributed by atoms with E-state index in [1.165, 1.54) is 0 Å². The number of pyridine rings is 1. The molecule has 2 saturated heterocycles. The minimum atomic E-state index is -0.328. The van der Waals surface area contributed by atoms with Crippen LogP contribution in [0.4, 0.5) is 0 Å². The van der Waals surface area contributed by atoms with Gasteiger partial charge in [-0.15, -0.1) is 0 Å². The maximum Gasteiger partial charge on any atom is 0.228 e. The first-order valence-electron chi connectivity index (χ1n) is 11.4. The molecule has 166 valence electrons. The highest BCUT2D eigenvalue weighted by Crippen LogP contribution is 2.46. The highest BCUT2D eigenvalue weighted by molar-refractivity contribution is 5.83. The molecular weight excluding hydrogens is 394 g/mol. The highest BCUT2D eigenvalue weighted by atomic mass is 16.5. The predicted molar refractivity (Wildman–Crippen MR) is 115 cm³/mol. The number of rotatable bonds is 5. The standard InChI is InChI=1S/C23H31N5O3/c29-22(26-15-19-14-21(27-31-19)20-3-1-2-7-25-20)23-6-4-18(28-9-11-30-12-10-28)13-17(23)5-8-24-16-23/h1-3,7,14,17-18,24H,4-6,8-13,15-16H2,(H,26,29)/t17-,18+,23-/m1/s1. The fraction of sp³-hybridized carbons (Fsp3) is 0.609. The number of ether oxygens (including phenoxy) is 1. The SMILES string of the molecule is O=C(NCc1cc(-c2ccccn2)no1)[C@@]12CC[C@H](N3CCOCC3)C[C@H]1CCNC2. The quantitative estimate of drug-likeness (QED) is 0.755. The van der Waals surface area contributed by atoms with E-state index < -0.39 is 0 Å². The van der Waals surface area contributed by atoms with Gasteiger partial charge in [-0.2, -0.15) is 0 Å². The third-order valence-corrected chi connectivity index (χ3v) is 7.30. The zero-order valence-corrected chi connectivity index (χ0v) is 17.9. The number of carbonyl (C=O) groups is 1. The lowest BCUT2D eigenvalue weighted by atomic mass is 9.61. The summed E-state index contributed by atoms with van der Waals surface area (Å²) in [5.74, 6) is 1.20. The maximum absolute atomic E-state index is 13.4. The van der Waals surface area contributed by atoms with Crippen molar-refractivity contribution in [2.45, 2.75) is 38.3 Å². The fourth-order valence-corrected chi connectivity index (χ4v) is 5.54.